The molecule has 2 aliphatic rings. The van der Waals surface area contributed by atoms with Crippen LogP contribution in [0.15, 0.2) is 23.1 Å². The molecule has 1 heterocycles. The van der Waals surface area contributed by atoms with Crippen molar-refractivity contribution in [2.45, 2.75) is 12.8 Å². The first-order valence-corrected chi connectivity index (χ1v) is 6.60. The maximum atomic E-state index is 12.2. The third-order valence-corrected chi connectivity index (χ3v) is 4.40. The minimum absolute atomic E-state index is 0.911. The van der Waals surface area contributed by atoms with Crippen LogP contribution >= 0.6 is 0 Å². The first-order valence-electron chi connectivity index (χ1n) is 5.49. The zero-order valence-electron chi connectivity index (χ0n) is 9.19. The van der Waals surface area contributed by atoms with Crippen LogP contribution in [-0.2, 0) is 11.4 Å². The van der Waals surface area contributed by atoms with Crippen molar-refractivity contribution in [3.8, 4) is 0 Å². The van der Waals surface area contributed by atoms with E-state index in [2.05, 4.69) is 28.4 Å². The van der Waals surface area contributed by atoms with Gasteiger partial charge < -0.3 is 9.45 Å². The van der Waals surface area contributed by atoms with E-state index in [1.54, 1.807) is 0 Å². The van der Waals surface area contributed by atoms with Crippen LogP contribution in [0.1, 0.15) is 12.8 Å². The molecule has 1 aliphatic heterocycles. The van der Waals surface area contributed by atoms with Crippen LogP contribution < -0.4 is 0 Å². The van der Waals surface area contributed by atoms with Gasteiger partial charge in [0.2, 0.25) is 0 Å². The number of nitrogens with zero attached hydrogens (tertiary/aromatic N) is 2. The van der Waals surface area contributed by atoms with Gasteiger partial charge in [-0.25, -0.2) is 0 Å². The molecule has 0 spiro atoms. The number of hydrogen-bond donors (Lipinski definition) is 0. The fourth-order valence-electron chi connectivity index (χ4n) is 1.82. The monoisotopic (exact) mass is 226 g/mol. The predicted octanol–water partition coefficient (Wildman–Crippen LogP) is 1.13. The molecule has 0 N–H and O–H groups in total. The summed E-state index contributed by atoms with van der Waals surface area (Å²) in [5, 5.41) is 0. The second-order valence-corrected chi connectivity index (χ2v) is 5.55. The van der Waals surface area contributed by atoms with Gasteiger partial charge in [-0.2, -0.15) is 0 Å². The Bertz CT molecular complexity index is 270. The molecule has 1 unspecified atom stereocenters. The molecule has 1 fully saturated rings. The van der Waals surface area contributed by atoms with Gasteiger partial charge in [0.15, 0.2) is 4.91 Å². The Morgan fingerprint density at radius 2 is 1.93 bits per heavy atom. The van der Waals surface area contributed by atoms with E-state index in [1.165, 1.54) is 0 Å². The molecule has 1 saturated heterocycles. The number of allylic oxidation sites excluding steroid dienone is 3. The van der Waals surface area contributed by atoms with E-state index in [0.29, 0.717) is 0 Å². The largest absolute Gasteiger partial charge is 0.593 e. The molecule has 4 heteroatoms. The molecule has 2 rings (SSSR count). The van der Waals surface area contributed by atoms with Crippen molar-refractivity contribution in [2.24, 2.45) is 0 Å². The van der Waals surface area contributed by atoms with E-state index >= 15 is 0 Å². The Hall–Kier alpha value is -0.290. The summed E-state index contributed by atoms with van der Waals surface area (Å²) in [6, 6.07) is 0. The molecular weight excluding hydrogens is 208 g/mol. The van der Waals surface area contributed by atoms with E-state index in [1.807, 2.05) is 6.08 Å². The Morgan fingerprint density at radius 3 is 2.53 bits per heavy atom. The summed E-state index contributed by atoms with van der Waals surface area (Å²) in [4.78, 5) is 3.27. The SMILES string of the molecule is CN1CCN([S+]([O-])C2=CCCC=C2)CC1. The topological polar surface area (TPSA) is 29.5 Å². The van der Waals surface area contributed by atoms with Crippen molar-refractivity contribution >= 4 is 11.4 Å². The summed E-state index contributed by atoms with van der Waals surface area (Å²) in [7, 11) is 2.11. The first-order chi connectivity index (χ1) is 7.27. The van der Waals surface area contributed by atoms with Crippen LogP contribution in [0, 0.1) is 0 Å². The van der Waals surface area contributed by atoms with Crippen molar-refractivity contribution in [3.63, 3.8) is 0 Å². The second-order valence-electron chi connectivity index (χ2n) is 4.07. The minimum Gasteiger partial charge on any atom is -0.593 e. The summed E-state index contributed by atoms with van der Waals surface area (Å²) in [6.45, 7) is 3.86. The van der Waals surface area contributed by atoms with Gasteiger partial charge >= 0.3 is 0 Å². The highest BCUT2D eigenvalue weighted by molar-refractivity contribution is 7.93. The van der Waals surface area contributed by atoms with Gasteiger partial charge in [0.05, 0.1) is 24.5 Å². The maximum absolute atomic E-state index is 12.2. The summed E-state index contributed by atoms with van der Waals surface area (Å²) in [5.41, 5.74) is 0. The molecule has 1 atom stereocenters. The van der Waals surface area contributed by atoms with Crippen LogP contribution in [0.2, 0.25) is 0 Å². The quantitative estimate of drug-likeness (QED) is 0.661. The Morgan fingerprint density at radius 1 is 1.20 bits per heavy atom. The highest BCUT2D eigenvalue weighted by atomic mass is 32.2. The second kappa shape index (κ2) is 5.16. The van der Waals surface area contributed by atoms with Crippen molar-refractivity contribution < 1.29 is 4.55 Å². The van der Waals surface area contributed by atoms with Crippen LogP contribution in [0.25, 0.3) is 0 Å². The molecule has 84 valence electrons. The highest BCUT2D eigenvalue weighted by Gasteiger charge is 2.26. The van der Waals surface area contributed by atoms with Crippen molar-refractivity contribution in [3.05, 3.63) is 23.1 Å². The first kappa shape index (κ1) is 11.2. The van der Waals surface area contributed by atoms with E-state index in [0.717, 1.165) is 43.9 Å². The molecule has 0 bridgehead atoms. The van der Waals surface area contributed by atoms with Gasteiger partial charge in [-0.05, 0) is 32.0 Å². The van der Waals surface area contributed by atoms with Crippen molar-refractivity contribution in [1.29, 1.82) is 0 Å². The van der Waals surface area contributed by atoms with Gasteiger partial charge in [0.1, 0.15) is 0 Å². The fourth-order valence-corrected chi connectivity index (χ4v) is 3.09. The lowest BCUT2D eigenvalue weighted by molar-refractivity contribution is 0.223. The molecular formula is C11H18N2OS. The summed E-state index contributed by atoms with van der Waals surface area (Å²) < 4.78 is 14.2. The zero-order valence-corrected chi connectivity index (χ0v) is 10.0. The molecule has 0 radical (unpaired) electrons. The van der Waals surface area contributed by atoms with E-state index in [9.17, 15) is 4.55 Å². The Labute approximate surface area is 94.7 Å². The predicted molar refractivity (Wildman–Crippen MR) is 63.7 cm³/mol. The van der Waals surface area contributed by atoms with Crippen molar-refractivity contribution in [2.75, 3.05) is 33.2 Å². The number of piperazine rings is 1. The number of hydrogen-bond acceptors (Lipinski definition) is 3. The molecule has 0 aromatic heterocycles. The zero-order chi connectivity index (χ0) is 10.7. The molecule has 0 saturated carbocycles. The van der Waals surface area contributed by atoms with Gasteiger partial charge in [0, 0.05) is 13.1 Å². The summed E-state index contributed by atoms with van der Waals surface area (Å²) in [6.07, 6.45) is 8.35. The Kier molecular flexibility index (Phi) is 3.86. The third kappa shape index (κ3) is 2.84. The summed E-state index contributed by atoms with van der Waals surface area (Å²) >= 11 is -0.927. The van der Waals surface area contributed by atoms with Gasteiger partial charge in [-0.3, -0.25) is 0 Å². The van der Waals surface area contributed by atoms with E-state index in [-0.39, 0.29) is 0 Å². The van der Waals surface area contributed by atoms with Crippen LogP contribution in [0.5, 0.6) is 0 Å². The maximum Gasteiger partial charge on any atom is 0.169 e. The average Bonchev–Trinajstić information content (AvgIpc) is 2.30. The molecule has 1 aliphatic carbocycles. The molecule has 15 heavy (non-hydrogen) atoms. The standard InChI is InChI=1S/C11H18N2OS/c1-12-7-9-13(10-8-12)15(14)11-5-3-2-4-6-11/h3,5-6H,2,4,7-10H2,1H3. The van der Waals surface area contributed by atoms with Gasteiger partial charge in [-0.1, -0.05) is 6.08 Å². The summed E-state index contributed by atoms with van der Waals surface area (Å²) in [5.74, 6) is 0. The molecule has 0 amide bonds. The highest BCUT2D eigenvalue weighted by Crippen LogP contribution is 2.20. The van der Waals surface area contributed by atoms with Crippen LogP contribution in [-0.4, -0.2) is 47.0 Å². The van der Waals surface area contributed by atoms with E-state index in [4.69, 9.17) is 0 Å². The average molecular weight is 226 g/mol. The minimum atomic E-state index is -0.927. The van der Waals surface area contributed by atoms with Crippen LogP contribution in [0.4, 0.5) is 0 Å². The lowest BCUT2D eigenvalue weighted by atomic mass is 10.2. The molecule has 0 aromatic carbocycles. The fraction of sp³-hybridized carbons (Fsp3) is 0.636. The number of rotatable bonds is 2. The van der Waals surface area contributed by atoms with Gasteiger partial charge in [-0.15, -0.1) is 4.31 Å². The van der Waals surface area contributed by atoms with Gasteiger partial charge in [0.25, 0.3) is 0 Å². The Balaban J connectivity index is 1.92. The normalized spacial score (nSPS) is 26.4. The lowest BCUT2D eigenvalue weighted by Crippen LogP contribution is -2.47. The molecule has 3 nitrogen and oxygen atoms in total. The van der Waals surface area contributed by atoms with Crippen LogP contribution in [0.3, 0.4) is 0 Å². The smallest absolute Gasteiger partial charge is 0.169 e. The third-order valence-electron chi connectivity index (χ3n) is 2.86. The number of likely N-dealkylation sites (N-methyl/N-ethyl adjacent to an activating group) is 1. The van der Waals surface area contributed by atoms with Crippen molar-refractivity contribution in [1.82, 2.24) is 9.21 Å². The lowest BCUT2D eigenvalue weighted by Gasteiger charge is -2.32. The molecule has 0 aromatic rings. The van der Waals surface area contributed by atoms with E-state index < -0.39 is 11.4 Å².